The molecule has 1 aliphatic heterocycles. The monoisotopic (exact) mass is 297 g/mol. The lowest BCUT2D eigenvalue weighted by atomic mass is 10.0. The fraction of sp³-hybridized carbons (Fsp3) is 0.600. The molecule has 2 rings (SSSR count). The standard InChI is InChI=1S/C15H23NO3S/c1-3-4-9-20(17,18)16-12(2)10-13-5-6-15-14(11-13)7-8-19-15/h5-6,11-12,16H,3-4,7-10H2,1-2H3. The summed E-state index contributed by atoms with van der Waals surface area (Å²) < 4.78 is 31.9. The molecule has 1 atom stereocenters. The molecule has 1 aromatic carbocycles. The van der Waals surface area contributed by atoms with Gasteiger partial charge in [-0.15, -0.1) is 0 Å². The van der Waals surface area contributed by atoms with E-state index in [9.17, 15) is 8.42 Å². The van der Waals surface area contributed by atoms with Crippen LogP contribution in [0.2, 0.25) is 0 Å². The summed E-state index contributed by atoms with van der Waals surface area (Å²) in [7, 11) is -3.15. The van der Waals surface area contributed by atoms with Gasteiger partial charge in [-0.1, -0.05) is 25.5 Å². The van der Waals surface area contributed by atoms with E-state index in [1.165, 1.54) is 5.56 Å². The highest BCUT2D eigenvalue weighted by molar-refractivity contribution is 7.89. The largest absolute Gasteiger partial charge is 0.493 e. The minimum atomic E-state index is -3.15. The molecule has 1 heterocycles. The second kappa shape index (κ2) is 6.59. The maximum atomic E-state index is 11.8. The minimum absolute atomic E-state index is 0.0859. The Kier molecular flexibility index (Phi) is 5.05. The second-order valence-corrected chi connectivity index (χ2v) is 7.31. The molecular formula is C15H23NO3S. The number of ether oxygens (including phenoxy) is 1. The number of benzene rings is 1. The van der Waals surface area contributed by atoms with Gasteiger partial charge < -0.3 is 4.74 Å². The van der Waals surface area contributed by atoms with E-state index >= 15 is 0 Å². The maximum Gasteiger partial charge on any atom is 0.211 e. The summed E-state index contributed by atoms with van der Waals surface area (Å²) in [6.45, 7) is 4.65. The van der Waals surface area contributed by atoms with E-state index in [0.29, 0.717) is 12.8 Å². The molecule has 0 spiro atoms. The fourth-order valence-corrected chi connectivity index (χ4v) is 3.94. The van der Waals surface area contributed by atoms with Gasteiger partial charge in [-0.25, -0.2) is 13.1 Å². The SMILES string of the molecule is CCCCS(=O)(=O)NC(C)Cc1ccc2c(c1)CCO2. The number of unbranched alkanes of at least 4 members (excludes halogenated alkanes) is 1. The zero-order chi connectivity index (χ0) is 14.6. The van der Waals surface area contributed by atoms with Crippen molar-refractivity contribution in [2.24, 2.45) is 0 Å². The minimum Gasteiger partial charge on any atom is -0.493 e. The summed E-state index contributed by atoms with van der Waals surface area (Å²) in [4.78, 5) is 0. The van der Waals surface area contributed by atoms with Crippen LogP contribution in [0.25, 0.3) is 0 Å². The van der Waals surface area contributed by atoms with Gasteiger partial charge in [0.2, 0.25) is 10.0 Å². The van der Waals surface area contributed by atoms with Crippen molar-refractivity contribution >= 4 is 10.0 Å². The molecule has 0 bridgehead atoms. The topological polar surface area (TPSA) is 55.4 Å². The second-order valence-electron chi connectivity index (χ2n) is 5.44. The van der Waals surface area contributed by atoms with E-state index < -0.39 is 10.0 Å². The Morgan fingerprint density at radius 3 is 2.95 bits per heavy atom. The first kappa shape index (κ1) is 15.3. The van der Waals surface area contributed by atoms with E-state index in [4.69, 9.17) is 4.74 Å². The van der Waals surface area contributed by atoms with E-state index in [0.717, 1.165) is 30.8 Å². The molecule has 0 aromatic heterocycles. The van der Waals surface area contributed by atoms with Gasteiger partial charge in [0.15, 0.2) is 0 Å². The lowest BCUT2D eigenvalue weighted by Gasteiger charge is -2.14. The number of hydrogen-bond donors (Lipinski definition) is 1. The first-order valence-corrected chi connectivity index (χ1v) is 8.90. The molecule has 4 nitrogen and oxygen atoms in total. The van der Waals surface area contributed by atoms with E-state index in [1.807, 2.05) is 26.0 Å². The number of sulfonamides is 1. The molecule has 112 valence electrons. The maximum absolute atomic E-state index is 11.8. The highest BCUT2D eigenvalue weighted by atomic mass is 32.2. The van der Waals surface area contributed by atoms with Crippen LogP contribution < -0.4 is 9.46 Å². The predicted octanol–water partition coefficient (Wildman–Crippen LogP) is 2.27. The van der Waals surface area contributed by atoms with Crippen molar-refractivity contribution in [3.63, 3.8) is 0 Å². The van der Waals surface area contributed by atoms with Crippen molar-refractivity contribution in [1.29, 1.82) is 0 Å². The number of fused-ring (bicyclic) bond motifs is 1. The molecule has 5 heteroatoms. The molecule has 0 fully saturated rings. The van der Waals surface area contributed by atoms with Crippen LogP contribution in [0.3, 0.4) is 0 Å². The van der Waals surface area contributed by atoms with Crippen molar-refractivity contribution in [2.75, 3.05) is 12.4 Å². The van der Waals surface area contributed by atoms with Crippen LogP contribution in [0.15, 0.2) is 18.2 Å². The average molecular weight is 297 g/mol. The lowest BCUT2D eigenvalue weighted by Crippen LogP contribution is -2.35. The van der Waals surface area contributed by atoms with Crippen LogP contribution in [0, 0.1) is 0 Å². The van der Waals surface area contributed by atoms with Crippen LogP contribution in [-0.4, -0.2) is 26.8 Å². The molecule has 1 N–H and O–H groups in total. The van der Waals surface area contributed by atoms with Gasteiger partial charge >= 0.3 is 0 Å². The van der Waals surface area contributed by atoms with Crippen LogP contribution >= 0.6 is 0 Å². The Bertz CT molecular complexity index is 554. The highest BCUT2D eigenvalue weighted by Gasteiger charge is 2.16. The van der Waals surface area contributed by atoms with Gasteiger partial charge in [0.25, 0.3) is 0 Å². The summed E-state index contributed by atoms with van der Waals surface area (Å²) in [5, 5.41) is 0. The highest BCUT2D eigenvalue weighted by Crippen LogP contribution is 2.26. The van der Waals surface area contributed by atoms with E-state index in [1.54, 1.807) is 0 Å². The van der Waals surface area contributed by atoms with Gasteiger partial charge in [-0.2, -0.15) is 0 Å². The van der Waals surface area contributed by atoms with Crippen LogP contribution in [0.1, 0.15) is 37.8 Å². The van der Waals surface area contributed by atoms with E-state index in [-0.39, 0.29) is 11.8 Å². The van der Waals surface area contributed by atoms with E-state index in [2.05, 4.69) is 10.8 Å². The third kappa shape index (κ3) is 4.21. The summed E-state index contributed by atoms with van der Waals surface area (Å²) in [6.07, 6.45) is 3.25. The summed E-state index contributed by atoms with van der Waals surface area (Å²) in [5.74, 6) is 1.18. The van der Waals surface area contributed by atoms with Crippen molar-refractivity contribution in [3.8, 4) is 5.75 Å². The Morgan fingerprint density at radius 1 is 1.40 bits per heavy atom. The fourth-order valence-electron chi connectivity index (χ4n) is 2.46. The number of nitrogens with one attached hydrogen (secondary N) is 1. The third-order valence-electron chi connectivity index (χ3n) is 3.44. The van der Waals surface area contributed by atoms with Crippen LogP contribution in [-0.2, 0) is 22.9 Å². The summed E-state index contributed by atoms with van der Waals surface area (Å²) in [6, 6.07) is 6.04. The molecule has 0 saturated carbocycles. The summed E-state index contributed by atoms with van der Waals surface area (Å²) >= 11 is 0. The van der Waals surface area contributed by atoms with Crippen molar-refractivity contribution in [3.05, 3.63) is 29.3 Å². The zero-order valence-corrected chi connectivity index (χ0v) is 13.0. The summed E-state index contributed by atoms with van der Waals surface area (Å²) in [5.41, 5.74) is 2.38. The van der Waals surface area contributed by atoms with Gasteiger partial charge in [-0.05, 0) is 37.0 Å². The number of rotatable bonds is 7. The molecule has 1 unspecified atom stereocenters. The Morgan fingerprint density at radius 2 is 2.20 bits per heavy atom. The van der Waals surface area contributed by atoms with Crippen LogP contribution in [0.5, 0.6) is 5.75 Å². The molecular weight excluding hydrogens is 274 g/mol. The first-order chi connectivity index (χ1) is 9.50. The Hall–Kier alpha value is -1.07. The average Bonchev–Trinajstić information content (AvgIpc) is 2.83. The van der Waals surface area contributed by atoms with Crippen LogP contribution in [0.4, 0.5) is 0 Å². The molecule has 0 amide bonds. The third-order valence-corrected chi connectivity index (χ3v) is 5.03. The Balaban J connectivity index is 1.93. The van der Waals surface area contributed by atoms with Crippen molar-refractivity contribution in [2.45, 2.75) is 45.6 Å². The normalized spacial score (nSPS) is 15.7. The predicted molar refractivity (Wildman–Crippen MR) is 80.6 cm³/mol. The van der Waals surface area contributed by atoms with Gasteiger partial charge in [0, 0.05) is 12.5 Å². The van der Waals surface area contributed by atoms with Gasteiger partial charge in [0.1, 0.15) is 5.75 Å². The van der Waals surface area contributed by atoms with Crippen molar-refractivity contribution < 1.29 is 13.2 Å². The molecule has 0 aliphatic carbocycles. The molecule has 1 aliphatic rings. The molecule has 0 radical (unpaired) electrons. The first-order valence-electron chi connectivity index (χ1n) is 7.25. The number of hydrogen-bond acceptors (Lipinski definition) is 3. The quantitative estimate of drug-likeness (QED) is 0.840. The molecule has 20 heavy (non-hydrogen) atoms. The van der Waals surface area contributed by atoms with Gasteiger partial charge in [-0.3, -0.25) is 0 Å². The van der Waals surface area contributed by atoms with Crippen molar-refractivity contribution in [1.82, 2.24) is 4.72 Å². The lowest BCUT2D eigenvalue weighted by molar-refractivity contribution is 0.357. The van der Waals surface area contributed by atoms with Gasteiger partial charge in [0.05, 0.1) is 12.4 Å². The Labute approximate surface area is 121 Å². The molecule has 0 saturated heterocycles. The zero-order valence-electron chi connectivity index (χ0n) is 12.2. The smallest absolute Gasteiger partial charge is 0.211 e. The molecule has 1 aromatic rings.